The van der Waals surface area contributed by atoms with Gasteiger partial charge in [0.1, 0.15) is 47.3 Å². The Morgan fingerprint density at radius 2 is 1.24 bits per heavy atom. The molecule has 33 heavy (non-hydrogen) atoms. The van der Waals surface area contributed by atoms with Crippen LogP contribution in [0, 0.1) is 0 Å². The maximum atomic E-state index is 12.0. The van der Waals surface area contributed by atoms with Crippen LogP contribution < -0.4 is 9.47 Å². The normalized spacial score (nSPS) is 10.4. The lowest BCUT2D eigenvalue weighted by Crippen LogP contribution is -2.34. The lowest BCUT2D eigenvalue weighted by Gasteiger charge is -2.20. The Morgan fingerprint density at radius 3 is 1.64 bits per heavy atom. The van der Waals surface area contributed by atoms with E-state index in [1.165, 1.54) is 57.2 Å². The van der Waals surface area contributed by atoms with E-state index in [1.807, 2.05) is 0 Å². The Hall–Kier alpha value is -4.08. The third-order valence-corrected chi connectivity index (χ3v) is 4.28. The van der Waals surface area contributed by atoms with E-state index in [0.717, 1.165) is 0 Å². The quantitative estimate of drug-likeness (QED) is 0.308. The van der Waals surface area contributed by atoms with Crippen molar-refractivity contribution >= 4 is 23.5 Å². The first-order chi connectivity index (χ1) is 15.6. The maximum Gasteiger partial charge on any atom is 0.418 e. The average Bonchev–Trinajstić information content (AvgIpc) is 2.75. The van der Waals surface area contributed by atoms with Gasteiger partial charge in [0, 0.05) is 0 Å². The zero-order valence-electron chi connectivity index (χ0n) is 18.3. The molecule has 0 spiro atoms. The summed E-state index contributed by atoms with van der Waals surface area (Å²) in [5, 5.41) is 19.9. The summed E-state index contributed by atoms with van der Waals surface area (Å²) >= 11 is 0. The fourth-order valence-electron chi connectivity index (χ4n) is 2.86. The predicted molar refractivity (Wildman–Crippen MR) is 114 cm³/mol. The fourth-order valence-corrected chi connectivity index (χ4v) is 2.86. The van der Waals surface area contributed by atoms with E-state index in [4.69, 9.17) is 14.2 Å². The molecule has 2 rings (SSSR count). The van der Waals surface area contributed by atoms with Crippen LogP contribution in [0.1, 0.15) is 41.5 Å². The SMILES string of the molecule is CCOC(=O)C(=O)OC(COc1cccc(O)c1C(C)=O)COc1cccc(O)c1C(C)=O. The number of phenolic OH excluding ortho intramolecular Hbond substituents is 2. The number of hydrogen-bond acceptors (Lipinski definition) is 10. The number of rotatable bonds is 10. The van der Waals surface area contributed by atoms with Crippen LogP contribution in [0.3, 0.4) is 0 Å². The molecule has 2 aromatic carbocycles. The van der Waals surface area contributed by atoms with Gasteiger partial charge in [-0.3, -0.25) is 9.59 Å². The summed E-state index contributed by atoms with van der Waals surface area (Å²) in [5.74, 6) is -3.94. The molecule has 0 radical (unpaired) electrons. The minimum Gasteiger partial charge on any atom is -0.507 e. The van der Waals surface area contributed by atoms with Crippen molar-refractivity contribution < 1.29 is 48.3 Å². The molecule has 0 saturated heterocycles. The number of aromatic hydroxyl groups is 2. The maximum absolute atomic E-state index is 12.0. The van der Waals surface area contributed by atoms with Gasteiger partial charge in [0.2, 0.25) is 0 Å². The highest BCUT2D eigenvalue weighted by Crippen LogP contribution is 2.29. The molecule has 0 aliphatic rings. The van der Waals surface area contributed by atoms with Gasteiger partial charge in [0.15, 0.2) is 17.7 Å². The zero-order valence-corrected chi connectivity index (χ0v) is 18.3. The molecule has 0 atom stereocenters. The van der Waals surface area contributed by atoms with Gasteiger partial charge in [0.05, 0.1) is 6.61 Å². The van der Waals surface area contributed by atoms with E-state index in [-0.39, 0.29) is 53.9 Å². The highest BCUT2D eigenvalue weighted by molar-refractivity contribution is 6.29. The summed E-state index contributed by atoms with van der Waals surface area (Å²) < 4.78 is 20.9. The third kappa shape index (κ3) is 6.70. The number of esters is 2. The number of phenols is 2. The summed E-state index contributed by atoms with van der Waals surface area (Å²) in [7, 11) is 0. The summed E-state index contributed by atoms with van der Waals surface area (Å²) in [6, 6.07) is 8.42. The number of Topliss-reactive ketones (excluding diaryl/α,β-unsaturated/α-hetero) is 2. The van der Waals surface area contributed by atoms with Crippen molar-refractivity contribution in [2.24, 2.45) is 0 Å². The molecule has 0 aliphatic carbocycles. The van der Waals surface area contributed by atoms with Crippen molar-refractivity contribution in [2.45, 2.75) is 26.9 Å². The van der Waals surface area contributed by atoms with Crippen molar-refractivity contribution in [3.8, 4) is 23.0 Å². The lowest BCUT2D eigenvalue weighted by atomic mass is 10.1. The molecular weight excluding hydrogens is 436 g/mol. The number of hydrogen-bond donors (Lipinski definition) is 2. The smallest absolute Gasteiger partial charge is 0.418 e. The largest absolute Gasteiger partial charge is 0.507 e. The van der Waals surface area contributed by atoms with Crippen LogP contribution in [-0.2, 0) is 19.1 Å². The Balaban J connectivity index is 2.23. The Morgan fingerprint density at radius 1 is 0.788 bits per heavy atom. The van der Waals surface area contributed by atoms with Crippen molar-refractivity contribution in [2.75, 3.05) is 19.8 Å². The van der Waals surface area contributed by atoms with E-state index >= 15 is 0 Å². The molecule has 0 saturated carbocycles. The van der Waals surface area contributed by atoms with Gasteiger partial charge in [-0.2, -0.15) is 0 Å². The summed E-state index contributed by atoms with van der Waals surface area (Å²) in [5.41, 5.74) is -0.138. The molecule has 176 valence electrons. The standard InChI is InChI=1S/C23H24O10/c1-4-30-22(28)23(29)33-15(11-31-18-9-5-7-16(26)20(18)13(2)24)12-32-19-10-6-8-17(27)21(19)14(3)25/h5-10,15,26-27H,4,11-12H2,1-3H3. The van der Waals surface area contributed by atoms with E-state index in [9.17, 15) is 29.4 Å². The second kappa shape index (κ2) is 11.5. The molecule has 10 nitrogen and oxygen atoms in total. The number of ether oxygens (including phenoxy) is 4. The first kappa shape index (κ1) is 25.2. The van der Waals surface area contributed by atoms with E-state index in [2.05, 4.69) is 4.74 Å². The topological polar surface area (TPSA) is 146 Å². The molecule has 0 aliphatic heterocycles. The summed E-state index contributed by atoms with van der Waals surface area (Å²) in [6.45, 7) is 3.22. The minimum absolute atomic E-state index is 0.0291. The molecule has 0 unspecified atom stereocenters. The van der Waals surface area contributed by atoms with Crippen molar-refractivity contribution in [1.29, 1.82) is 0 Å². The Labute approximate surface area is 189 Å². The van der Waals surface area contributed by atoms with E-state index in [0.29, 0.717) is 0 Å². The van der Waals surface area contributed by atoms with Gasteiger partial charge in [-0.1, -0.05) is 12.1 Å². The number of ketones is 2. The summed E-state index contributed by atoms with van der Waals surface area (Å²) in [6.07, 6.45) is -1.19. The molecule has 0 aromatic heterocycles. The molecule has 2 N–H and O–H groups in total. The number of carbonyl (C=O) groups is 4. The Kier molecular flexibility index (Phi) is 8.79. The second-order valence-electron chi connectivity index (χ2n) is 6.78. The van der Waals surface area contributed by atoms with Crippen LogP contribution >= 0.6 is 0 Å². The second-order valence-corrected chi connectivity index (χ2v) is 6.78. The number of carbonyl (C=O) groups excluding carboxylic acids is 4. The third-order valence-electron chi connectivity index (χ3n) is 4.28. The van der Waals surface area contributed by atoms with Gasteiger partial charge < -0.3 is 29.2 Å². The molecule has 10 heteroatoms. The highest BCUT2D eigenvalue weighted by Gasteiger charge is 2.25. The molecule has 2 aromatic rings. The molecule has 0 amide bonds. The van der Waals surface area contributed by atoms with Gasteiger partial charge in [-0.15, -0.1) is 0 Å². The first-order valence-corrected chi connectivity index (χ1v) is 9.94. The monoisotopic (exact) mass is 460 g/mol. The molecule has 0 bridgehead atoms. The number of benzene rings is 2. The van der Waals surface area contributed by atoms with Crippen molar-refractivity contribution in [3.05, 3.63) is 47.5 Å². The summed E-state index contributed by atoms with van der Waals surface area (Å²) in [4.78, 5) is 47.4. The first-order valence-electron chi connectivity index (χ1n) is 9.94. The lowest BCUT2D eigenvalue weighted by molar-refractivity contribution is -0.172. The van der Waals surface area contributed by atoms with Crippen LogP contribution in [0.25, 0.3) is 0 Å². The predicted octanol–water partition coefficient (Wildman–Crippen LogP) is 2.44. The van der Waals surface area contributed by atoms with E-state index < -0.39 is 29.6 Å². The van der Waals surface area contributed by atoms with Crippen LogP contribution in [0.5, 0.6) is 23.0 Å². The van der Waals surface area contributed by atoms with Crippen LogP contribution in [0.2, 0.25) is 0 Å². The van der Waals surface area contributed by atoms with Crippen molar-refractivity contribution in [1.82, 2.24) is 0 Å². The molecular formula is C23H24O10. The fraction of sp³-hybridized carbons (Fsp3) is 0.304. The highest BCUT2D eigenvalue weighted by atomic mass is 16.6. The Bertz CT molecular complexity index is 976. The van der Waals surface area contributed by atoms with Gasteiger partial charge >= 0.3 is 11.9 Å². The van der Waals surface area contributed by atoms with Crippen molar-refractivity contribution in [3.63, 3.8) is 0 Å². The van der Waals surface area contributed by atoms with E-state index in [1.54, 1.807) is 0 Å². The van der Waals surface area contributed by atoms with Crippen LogP contribution in [-0.4, -0.2) is 59.6 Å². The molecule has 0 heterocycles. The van der Waals surface area contributed by atoms with Gasteiger partial charge in [-0.05, 0) is 45.0 Å². The van der Waals surface area contributed by atoms with Crippen LogP contribution in [0.4, 0.5) is 0 Å². The molecule has 0 fully saturated rings. The minimum atomic E-state index is -1.29. The van der Waals surface area contributed by atoms with Crippen LogP contribution in [0.15, 0.2) is 36.4 Å². The zero-order chi connectivity index (χ0) is 24.5. The van der Waals surface area contributed by atoms with Gasteiger partial charge in [0.25, 0.3) is 0 Å². The van der Waals surface area contributed by atoms with Gasteiger partial charge in [-0.25, -0.2) is 9.59 Å². The average molecular weight is 460 g/mol.